The standard InChI is InChI=1S/C21H17N3O7S/c1-30-17-11-9-16(10-12-17)21(25)23-22-14-15-5-4-6-18(13-15)31-32(28,29)20-8-3-2-7-19(20)24(26)27/h2-14H,1H3,(H,23,25)/b22-14-. The van der Waals surface area contributed by atoms with E-state index in [1.54, 1.807) is 30.3 Å². The largest absolute Gasteiger partial charge is 0.497 e. The van der Waals surface area contributed by atoms with E-state index >= 15 is 0 Å². The fourth-order valence-electron chi connectivity index (χ4n) is 2.61. The Labute approximate surface area is 183 Å². The summed E-state index contributed by atoms with van der Waals surface area (Å²) in [5, 5.41) is 15.0. The summed E-state index contributed by atoms with van der Waals surface area (Å²) in [6.07, 6.45) is 1.30. The second-order valence-corrected chi connectivity index (χ2v) is 7.78. The Balaban J connectivity index is 1.71. The van der Waals surface area contributed by atoms with Gasteiger partial charge in [-0.2, -0.15) is 13.5 Å². The van der Waals surface area contributed by atoms with Gasteiger partial charge in [-0.1, -0.05) is 24.3 Å². The van der Waals surface area contributed by atoms with Gasteiger partial charge >= 0.3 is 10.1 Å². The van der Waals surface area contributed by atoms with Crippen LogP contribution in [0.4, 0.5) is 5.69 Å². The fourth-order valence-corrected chi connectivity index (χ4v) is 3.70. The number of rotatable bonds is 8. The zero-order chi connectivity index (χ0) is 23.1. The molecule has 3 rings (SSSR count). The van der Waals surface area contributed by atoms with Crippen LogP contribution in [-0.4, -0.2) is 32.6 Å². The quantitative estimate of drug-likeness (QED) is 0.238. The van der Waals surface area contributed by atoms with Crippen molar-refractivity contribution < 1.29 is 27.1 Å². The summed E-state index contributed by atoms with van der Waals surface area (Å²) in [6.45, 7) is 0. The second kappa shape index (κ2) is 9.71. The molecular formula is C21H17N3O7S. The van der Waals surface area contributed by atoms with Gasteiger partial charge in [-0.25, -0.2) is 5.43 Å². The van der Waals surface area contributed by atoms with Gasteiger partial charge in [0.15, 0.2) is 4.90 Å². The summed E-state index contributed by atoms with van der Waals surface area (Å²) >= 11 is 0. The smallest absolute Gasteiger partial charge is 0.346 e. The molecule has 3 aromatic rings. The van der Waals surface area contributed by atoms with Crippen LogP contribution in [0.3, 0.4) is 0 Å². The molecule has 0 unspecified atom stereocenters. The van der Waals surface area contributed by atoms with Gasteiger partial charge in [0, 0.05) is 11.6 Å². The van der Waals surface area contributed by atoms with Gasteiger partial charge in [-0.3, -0.25) is 14.9 Å². The Morgan fingerprint density at radius 3 is 2.44 bits per heavy atom. The highest BCUT2D eigenvalue weighted by molar-refractivity contribution is 7.87. The SMILES string of the molecule is COc1ccc(C(=O)N/N=C\c2cccc(OS(=O)(=O)c3ccccc3[N+](=O)[O-])c2)cc1. The lowest BCUT2D eigenvalue weighted by Crippen LogP contribution is -2.17. The molecule has 0 atom stereocenters. The van der Waals surface area contributed by atoms with Gasteiger partial charge in [0.25, 0.3) is 11.6 Å². The number of nitro groups is 1. The Hall–Kier alpha value is -4.25. The Morgan fingerprint density at radius 1 is 1.03 bits per heavy atom. The maximum Gasteiger partial charge on any atom is 0.346 e. The van der Waals surface area contributed by atoms with Crippen molar-refractivity contribution >= 4 is 27.9 Å². The number of benzene rings is 3. The summed E-state index contributed by atoms with van der Waals surface area (Å²) in [5.74, 6) is 0.0847. The number of hydrogen-bond acceptors (Lipinski definition) is 8. The molecule has 0 heterocycles. The summed E-state index contributed by atoms with van der Waals surface area (Å²) in [7, 11) is -2.93. The maximum absolute atomic E-state index is 12.5. The third-order valence-corrected chi connectivity index (χ3v) is 5.42. The number of nitrogens with one attached hydrogen (secondary N) is 1. The van der Waals surface area contributed by atoms with Crippen LogP contribution in [0.5, 0.6) is 11.5 Å². The van der Waals surface area contributed by atoms with E-state index in [9.17, 15) is 23.3 Å². The molecule has 1 N–H and O–H groups in total. The van der Waals surface area contributed by atoms with Crippen molar-refractivity contribution in [1.82, 2.24) is 5.43 Å². The average Bonchev–Trinajstić information content (AvgIpc) is 2.79. The molecule has 0 aliphatic heterocycles. The molecule has 11 heteroatoms. The molecule has 0 spiro atoms. The van der Waals surface area contributed by atoms with E-state index in [1.165, 1.54) is 43.7 Å². The Kier molecular flexibility index (Phi) is 6.80. The summed E-state index contributed by atoms with van der Waals surface area (Å²) in [5.41, 5.74) is 2.56. The lowest BCUT2D eigenvalue weighted by atomic mass is 10.2. The Morgan fingerprint density at radius 2 is 1.75 bits per heavy atom. The number of nitrogens with zero attached hydrogens (tertiary/aromatic N) is 2. The minimum Gasteiger partial charge on any atom is -0.497 e. The molecule has 0 aromatic heterocycles. The normalized spacial score (nSPS) is 11.2. The highest BCUT2D eigenvalue weighted by Gasteiger charge is 2.27. The number of hydrazone groups is 1. The average molecular weight is 455 g/mol. The predicted molar refractivity (Wildman–Crippen MR) is 115 cm³/mol. The first-order valence-electron chi connectivity index (χ1n) is 9.05. The zero-order valence-corrected chi connectivity index (χ0v) is 17.5. The molecular weight excluding hydrogens is 438 g/mol. The number of amides is 1. The molecule has 1 amide bonds. The van der Waals surface area contributed by atoms with Crippen LogP contribution in [0.2, 0.25) is 0 Å². The Bertz CT molecular complexity index is 1270. The molecule has 0 aliphatic rings. The van der Waals surface area contributed by atoms with Crippen LogP contribution < -0.4 is 14.3 Å². The van der Waals surface area contributed by atoms with E-state index in [-0.39, 0.29) is 5.75 Å². The van der Waals surface area contributed by atoms with Gasteiger partial charge in [0.1, 0.15) is 11.5 Å². The van der Waals surface area contributed by atoms with Crippen molar-refractivity contribution in [2.24, 2.45) is 5.10 Å². The van der Waals surface area contributed by atoms with Crippen molar-refractivity contribution in [3.05, 3.63) is 94.0 Å². The minimum absolute atomic E-state index is 0.0754. The molecule has 10 nitrogen and oxygen atoms in total. The van der Waals surface area contributed by atoms with Gasteiger partial charge in [-0.05, 0) is 48.0 Å². The van der Waals surface area contributed by atoms with Gasteiger partial charge in [-0.15, -0.1) is 0 Å². The highest BCUT2D eigenvalue weighted by atomic mass is 32.2. The third-order valence-electron chi connectivity index (χ3n) is 4.13. The first-order valence-corrected chi connectivity index (χ1v) is 10.5. The molecule has 0 bridgehead atoms. The monoisotopic (exact) mass is 455 g/mol. The first kappa shape index (κ1) is 22.4. The molecule has 0 fully saturated rings. The van der Waals surface area contributed by atoms with E-state index in [0.717, 1.165) is 12.1 Å². The van der Waals surface area contributed by atoms with Crippen LogP contribution >= 0.6 is 0 Å². The molecule has 3 aromatic carbocycles. The van der Waals surface area contributed by atoms with Crippen molar-refractivity contribution in [3.8, 4) is 11.5 Å². The lowest BCUT2D eigenvalue weighted by molar-refractivity contribution is -0.387. The van der Waals surface area contributed by atoms with Gasteiger partial charge < -0.3 is 8.92 Å². The molecule has 0 aliphatic carbocycles. The van der Waals surface area contributed by atoms with E-state index in [0.29, 0.717) is 16.9 Å². The predicted octanol–water partition coefficient (Wildman–Crippen LogP) is 3.14. The van der Waals surface area contributed by atoms with E-state index < -0.39 is 31.5 Å². The second-order valence-electron chi connectivity index (χ2n) is 6.26. The molecule has 164 valence electrons. The lowest BCUT2D eigenvalue weighted by Gasteiger charge is -2.08. The minimum atomic E-state index is -4.45. The van der Waals surface area contributed by atoms with Crippen LogP contribution in [0.1, 0.15) is 15.9 Å². The van der Waals surface area contributed by atoms with E-state index in [2.05, 4.69) is 10.5 Å². The molecule has 0 saturated heterocycles. The number of hydrogen-bond donors (Lipinski definition) is 1. The molecule has 0 saturated carbocycles. The number of methoxy groups -OCH3 is 1. The number of nitro benzene ring substituents is 1. The summed E-state index contributed by atoms with van der Waals surface area (Å²) < 4.78 is 35.1. The molecule has 0 radical (unpaired) electrons. The number of carbonyl (C=O) groups excluding carboxylic acids is 1. The zero-order valence-electron chi connectivity index (χ0n) is 16.7. The van der Waals surface area contributed by atoms with E-state index in [1.807, 2.05) is 0 Å². The van der Waals surface area contributed by atoms with E-state index in [4.69, 9.17) is 8.92 Å². The maximum atomic E-state index is 12.5. The third kappa shape index (κ3) is 5.46. The van der Waals surface area contributed by atoms with Crippen LogP contribution in [0, 0.1) is 10.1 Å². The van der Waals surface area contributed by atoms with Gasteiger partial charge in [0.05, 0.1) is 18.2 Å². The topological polar surface area (TPSA) is 137 Å². The van der Waals surface area contributed by atoms with Crippen LogP contribution in [-0.2, 0) is 10.1 Å². The summed E-state index contributed by atoms with van der Waals surface area (Å²) in [4.78, 5) is 21.9. The first-order chi connectivity index (χ1) is 15.3. The van der Waals surface area contributed by atoms with Crippen molar-refractivity contribution in [3.63, 3.8) is 0 Å². The fraction of sp³-hybridized carbons (Fsp3) is 0.0476. The number of para-hydroxylation sites is 1. The van der Waals surface area contributed by atoms with Crippen molar-refractivity contribution in [2.45, 2.75) is 4.90 Å². The highest BCUT2D eigenvalue weighted by Crippen LogP contribution is 2.26. The molecule has 32 heavy (non-hydrogen) atoms. The van der Waals surface area contributed by atoms with Crippen LogP contribution in [0.25, 0.3) is 0 Å². The summed E-state index contributed by atoms with van der Waals surface area (Å²) in [6, 6.07) is 17.1. The van der Waals surface area contributed by atoms with Gasteiger partial charge in [0.2, 0.25) is 0 Å². The van der Waals surface area contributed by atoms with Crippen molar-refractivity contribution in [1.29, 1.82) is 0 Å². The number of carbonyl (C=O) groups is 1. The number of ether oxygens (including phenoxy) is 1. The van der Waals surface area contributed by atoms with Crippen molar-refractivity contribution in [2.75, 3.05) is 7.11 Å². The van der Waals surface area contributed by atoms with Crippen LogP contribution in [0.15, 0.2) is 82.8 Å².